The summed E-state index contributed by atoms with van der Waals surface area (Å²) in [5.41, 5.74) is -0.0905. The summed E-state index contributed by atoms with van der Waals surface area (Å²) in [5, 5.41) is 5.44. The lowest BCUT2D eigenvalue weighted by Gasteiger charge is -2.09. The van der Waals surface area contributed by atoms with Crippen LogP contribution in [-0.2, 0) is 20.0 Å². The van der Waals surface area contributed by atoms with E-state index in [0.717, 1.165) is 0 Å². The molecule has 3 rings (SSSR count). The molecule has 2 aromatic carbocycles. The molecule has 0 unspecified atom stereocenters. The van der Waals surface area contributed by atoms with Gasteiger partial charge in [-0.2, -0.15) is 0 Å². The molecule has 1 heterocycles. The average molecular weight is 380 g/mol. The lowest BCUT2D eigenvalue weighted by atomic mass is 10.2. The Morgan fingerprint density at radius 2 is 1.48 bits per heavy atom. The van der Waals surface area contributed by atoms with Crippen molar-refractivity contribution in [2.75, 3.05) is 4.72 Å². The Balaban J connectivity index is 1.94. The van der Waals surface area contributed by atoms with Crippen molar-refractivity contribution in [3.05, 3.63) is 65.0 Å². The van der Waals surface area contributed by atoms with E-state index >= 15 is 0 Å². The van der Waals surface area contributed by atoms with Crippen molar-refractivity contribution in [3.8, 4) is 0 Å². The van der Waals surface area contributed by atoms with Gasteiger partial charge in [0.15, 0.2) is 0 Å². The number of fused-ring (bicyclic) bond motifs is 1. The molecule has 8 nitrogen and oxygen atoms in total. The molecule has 0 spiro atoms. The van der Waals surface area contributed by atoms with Crippen molar-refractivity contribution in [1.29, 1.82) is 0 Å². The largest absolute Gasteiger partial charge is 0.423 e. The first-order chi connectivity index (χ1) is 11.6. The predicted octanol–water partition coefficient (Wildman–Crippen LogP) is 1.24. The number of nitrogens with one attached hydrogen (secondary N) is 1. The highest BCUT2D eigenvalue weighted by Crippen LogP contribution is 2.21. The number of benzene rings is 2. The zero-order chi connectivity index (χ0) is 18.2. The van der Waals surface area contributed by atoms with E-state index in [1.165, 1.54) is 54.6 Å². The third kappa shape index (κ3) is 3.71. The number of sulfonamides is 2. The normalized spacial score (nSPS) is 12.2. The fraction of sp³-hybridized carbons (Fsp3) is 0. The first-order valence-corrected chi connectivity index (χ1v) is 9.88. The fourth-order valence-electron chi connectivity index (χ4n) is 2.14. The highest BCUT2D eigenvalue weighted by Gasteiger charge is 2.16. The van der Waals surface area contributed by atoms with Crippen molar-refractivity contribution in [3.63, 3.8) is 0 Å². The summed E-state index contributed by atoms with van der Waals surface area (Å²) in [4.78, 5) is 11.0. The Kier molecular flexibility index (Phi) is 4.11. The van der Waals surface area contributed by atoms with Gasteiger partial charge in [-0.15, -0.1) is 0 Å². The van der Waals surface area contributed by atoms with Crippen LogP contribution in [0.15, 0.2) is 73.6 Å². The summed E-state index contributed by atoms with van der Waals surface area (Å²) >= 11 is 0. The van der Waals surface area contributed by atoms with Crippen LogP contribution < -0.4 is 15.5 Å². The molecule has 0 saturated heterocycles. The van der Waals surface area contributed by atoms with Crippen molar-refractivity contribution >= 4 is 36.7 Å². The summed E-state index contributed by atoms with van der Waals surface area (Å²) in [6, 6.07) is 11.7. The van der Waals surface area contributed by atoms with Crippen molar-refractivity contribution in [2.24, 2.45) is 5.14 Å². The van der Waals surface area contributed by atoms with Crippen LogP contribution in [0.1, 0.15) is 0 Å². The lowest BCUT2D eigenvalue weighted by molar-refractivity contribution is 0.560. The first-order valence-electron chi connectivity index (χ1n) is 6.85. The SMILES string of the molecule is NS(=O)(=O)c1ccc(NS(=O)(=O)c2ccc3oc(=O)ccc3c2)cc1. The minimum Gasteiger partial charge on any atom is -0.423 e. The molecule has 0 aliphatic carbocycles. The third-order valence-electron chi connectivity index (χ3n) is 3.34. The van der Waals surface area contributed by atoms with E-state index in [9.17, 15) is 21.6 Å². The molecule has 10 heteroatoms. The van der Waals surface area contributed by atoms with Gasteiger partial charge in [-0.25, -0.2) is 26.8 Å². The van der Waals surface area contributed by atoms with Gasteiger partial charge in [0.05, 0.1) is 9.79 Å². The van der Waals surface area contributed by atoms with Gasteiger partial charge in [0.1, 0.15) is 5.58 Å². The molecule has 1 aromatic heterocycles. The summed E-state index contributed by atoms with van der Waals surface area (Å²) < 4.78 is 54.6. The molecule has 3 N–H and O–H groups in total. The first kappa shape index (κ1) is 17.1. The maximum atomic E-state index is 12.4. The molecule has 0 amide bonds. The molecular formula is C15H12N2O6S2. The fourth-order valence-corrected chi connectivity index (χ4v) is 3.75. The van der Waals surface area contributed by atoms with Crippen LogP contribution in [0.4, 0.5) is 5.69 Å². The van der Waals surface area contributed by atoms with Crippen LogP contribution >= 0.6 is 0 Å². The zero-order valence-electron chi connectivity index (χ0n) is 12.5. The molecule has 0 fully saturated rings. The second-order valence-corrected chi connectivity index (χ2v) is 8.37. The maximum Gasteiger partial charge on any atom is 0.336 e. The molecular weight excluding hydrogens is 368 g/mol. The Bertz CT molecular complexity index is 1210. The van der Waals surface area contributed by atoms with E-state index < -0.39 is 25.7 Å². The monoisotopic (exact) mass is 380 g/mol. The van der Waals surface area contributed by atoms with Crippen molar-refractivity contribution in [1.82, 2.24) is 0 Å². The van der Waals surface area contributed by atoms with E-state index in [1.54, 1.807) is 0 Å². The van der Waals surface area contributed by atoms with Gasteiger partial charge in [0, 0.05) is 17.1 Å². The van der Waals surface area contributed by atoms with Gasteiger partial charge in [-0.1, -0.05) is 0 Å². The van der Waals surface area contributed by atoms with Crippen LogP contribution in [0.25, 0.3) is 11.0 Å². The van der Waals surface area contributed by atoms with Crippen molar-refractivity contribution in [2.45, 2.75) is 9.79 Å². The zero-order valence-corrected chi connectivity index (χ0v) is 14.2. The number of anilines is 1. The Hall–Kier alpha value is -2.69. The maximum absolute atomic E-state index is 12.4. The van der Waals surface area contributed by atoms with Gasteiger partial charge in [-0.05, 0) is 48.5 Å². The average Bonchev–Trinajstić information content (AvgIpc) is 2.53. The van der Waals surface area contributed by atoms with Crippen LogP contribution in [0, 0.1) is 0 Å². The van der Waals surface area contributed by atoms with Gasteiger partial charge in [0.25, 0.3) is 10.0 Å². The minimum absolute atomic E-state index is 0.0376. The van der Waals surface area contributed by atoms with E-state index in [-0.39, 0.29) is 21.1 Å². The molecule has 0 aliphatic heterocycles. The van der Waals surface area contributed by atoms with Crippen LogP contribution in [0.5, 0.6) is 0 Å². The summed E-state index contributed by atoms with van der Waals surface area (Å²) in [6.07, 6.45) is 0. The van der Waals surface area contributed by atoms with E-state index in [4.69, 9.17) is 9.56 Å². The van der Waals surface area contributed by atoms with Crippen LogP contribution in [0.2, 0.25) is 0 Å². The molecule has 25 heavy (non-hydrogen) atoms. The van der Waals surface area contributed by atoms with Gasteiger partial charge < -0.3 is 4.42 Å². The number of primary sulfonamides is 1. The highest BCUT2D eigenvalue weighted by atomic mass is 32.2. The summed E-state index contributed by atoms with van der Waals surface area (Å²) in [7, 11) is -7.77. The third-order valence-corrected chi connectivity index (χ3v) is 5.64. The molecule has 3 aromatic rings. The topological polar surface area (TPSA) is 137 Å². The Morgan fingerprint density at radius 3 is 2.12 bits per heavy atom. The van der Waals surface area contributed by atoms with Gasteiger partial charge in [0.2, 0.25) is 10.0 Å². The second-order valence-electron chi connectivity index (χ2n) is 5.13. The van der Waals surface area contributed by atoms with Gasteiger partial charge in [-0.3, -0.25) is 4.72 Å². The predicted molar refractivity (Wildman–Crippen MR) is 91.1 cm³/mol. The number of rotatable bonds is 4. The smallest absolute Gasteiger partial charge is 0.336 e. The summed E-state index contributed by atoms with van der Waals surface area (Å²) in [6.45, 7) is 0. The van der Waals surface area contributed by atoms with E-state index in [1.807, 2.05) is 0 Å². The van der Waals surface area contributed by atoms with Crippen molar-refractivity contribution < 1.29 is 21.3 Å². The second kappa shape index (κ2) is 5.99. The minimum atomic E-state index is -3.91. The molecule has 130 valence electrons. The Morgan fingerprint density at radius 1 is 0.840 bits per heavy atom. The van der Waals surface area contributed by atoms with E-state index in [2.05, 4.69) is 4.72 Å². The quantitative estimate of drug-likeness (QED) is 0.654. The highest BCUT2D eigenvalue weighted by molar-refractivity contribution is 7.92. The van der Waals surface area contributed by atoms with Crippen LogP contribution in [0.3, 0.4) is 0 Å². The molecule has 0 radical (unpaired) electrons. The molecule has 0 saturated carbocycles. The lowest BCUT2D eigenvalue weighted by Crippen LogP contribution is -2.14. The number of hydrogen-bond acceptors (Lipinski definition) is 6. The number of hydrogen-bond donors (Lipinski definition) is 2. The Labute approximate surface area is 143 Å². The van der Waals surface area contributed by atoms with Gasteiger partial charge >= 0.3 is 5.63 Å². The standard InChI is InChI=1S/C15H12N2O6S2/c16-24(19,20)12-4-2-11(3-5-12)17-25(21,22)13-6-7-14-10(9-13)1-8-15(18)23-14/h1-9,17H,(H2,16,19,20). The molecule has 0 bridgehead atoms. The van der Waals surface area contributed by atoms with E-state index in [0.29, 0.717) is 5.39 Å². The molecule has 0 aliphatic rings. The number of nitrogens with two attached hydrogens (primary N) is 1. The van der Waals surface area contributed by atoms with Crippen LogP contribution in [-0.4, -0.2) is 16.8 Å². The molecule has 0 atom stereocenters. The summed E-state index contributed by atoms with van der Waals surface area (Å²) in [5.74, 6) is 0.